The number of hydrogen-bond donors (Lipinski definition) is 4. The Bertz CT molecular complexity index is 1800. The lowest BCUT2D eigenvalue weighted by atomic mass is 9.97. The van der Waals surface area contributed by atoms with E-state index >= 15 is 0 Å². The van der Waals surface area contributed by atoms with Crippen molar-refractivity contribution >= 4 is 52.4 Å². The van der Waals surface area contributed by atoms with Crippen LogP contribution in [0.2, 0.25) is 5.02 Å². The molecule has 0 radical (unpaired) electrons. The molecule has 0 bridgehead atoms. The number of pyridine rings is 1. The fourth-order valence-electron chi connectivity index (χ4n) is 4.27. The Kier molecular flexibility index (Phi) is 12.5. The molecule has 2 aromatic heterocycles. The van der Waals surface area contributed by atoms with Crippen LogP contribution in [0.15, 0.2) is 58.9 Å². The van der Waals surface area contributed by atoms with Crippen molar-refractivity contribution in [2.75, 3.05) is 25.5 Å². The van der Waals surface area contributed by atoms with Gasteiger partial charge < -0.3 is 32.0 Å². The standard InChI is InChI=1S/C32H31ClN8O4S2/c1-18(39-29(42)26(37)10-11-34)32(43)45-13-12-44-23-8-4-19(5-9-23)27-24(14-35)28(38)41-31(25(27)15-36)47-17-22-16-46-30(40-22)20-2-6-21(33)7-3-20/h2-9,16,18,26H,10-13,17,34,37H2,1H3,(H2,38,41)(H,39,42)/t18-,26?/m0/s1. The Balaban J connectivity index is 1.40. The van der Waals surface area contributed by atoms with Crippen LogP contribution in [-0.4, -0.2) is 53.7 Å². The average Bonchev–Trinajstić information content (AvgIpc) is 3.55. The van der Waals surface area contributed by atoms with E-state index < -0.39 is 24.0 Å². The van der Waals surface area contributed by atoms with Gasteiger partial charge in [-0.3, -0.25) is 4.79 Å². The molecular formula is C32H31ClN8O4S2. The third kappa shape index (κ3) is 9.19. The normalized spacial score (nSPS) is 12.0. The number of nitrogens with one attached hydrogen (secondary N) is 1. The molecular weight excluding hydrogens is 660 g/mol. The molecule has 1 amide bonds. The van der Waals surface area contributed by atoms with Crippen LogP contribution in [0.3, 0.4) is 0 Å². The van der Waals surface area contributed by atoms with Gasteiger partial charge in [-0.15, -0.1) is 11.3 Å². The molecule has 1 unspecified atom stereocenters. The molecule has 0 fully saturated rings. The predicted octanol–water partition coefficient (Wildman–Crippen LogP) is 4.25. The van der Waals surface area contributed by atoms with E-state index in [0.29, 0.717) is 39.1 Å². The number of aromatic nitrogens is 2. The molecule has 15 heteroatoms. The minimum atomic E-state index is -0.890. The van der Waals surface area contributed by atoms with E-state index in [1.54, 1.807) is 24.3 Å². The minimum absolute atomic E-state index is 0.0121. The van der Waals surface area contributed by atoms with E-state index in [0.717, 1.165) is 16.3 Å². The van der Waals surface area contributed by atoms with Crippen LogP contribution in [0, 0.1) is 22.7 Å². The number of hydrogen-bond acceptors (Lipinski definition) is 13. The molecule has 7 N–H and O–H groups in total. The Morgan fingerprint density at radius 3 is 2.38 bits per heavy atom. The summed E-state index contributed by atoms with van der Waals surface area (Å²) in [5.41, 5.74) is 20.3. The first-order valence-corrected chi connectivity index (χ1v) is 16.5. The molecule has 0 aliphatic rings. The lowest BCUT2D eigenvalue weighted by Crippen LogP contribution is -2.48. The molecule has 12 nitrogen and oxygen atoms in total. The van der Waals surface area contributed by atoms with Gasteiger partial charge >= 0.3 is 5.97 Å². The number of carbonyl (C=O) groups excluding carboxylic acids is 2. The fraction of sp³-hybridized carbons (Fsp3) is 0.250. The highest BCUT2D eigenvalue weighted by atomic mass is 35.5. The summed E-state index contributed by atoms with van der Waals surface area (Å²) in [6.07, 6.45) is 0.297. The number of carbonyl (C=O) groups is 2. The predicted molar refractivity (Wildman–Crippen MR) is 181 cm³/mol. The number of nitrogens with zero attached hydrogens (tertiary/aromatic N) is 4. The summed E-state index contributed by atoms with van der Waals surface area (Å²) in [5.74, 6) is -0.210. The van der Waals surface area contributed by atoms with Crippen LogP contribution in [-0.2, 0) is 20.1 Å². The van der Waals surface area contributed by atoms with Crippen molar-refractivity contribution in [1.82, 2.24) is 15.3 Å². The molecule has 47 heavy (non-hydrogen) atoms. The van der Waals surface area contributed by atoms with E-state index in [1.165, 1.54) is 30.0 Å². The Morgan fingerprint density at radius 2 is 1.72 bits per heavy atom. The summed E-state index contributed by atoms with van der Waals surface area (Å²) in [5, 5.41) is 26.3. The van der Waals surface area contributed by atoms with E-state index in [9.17, 15) is 20.1 Å². The maximum atomic E-state index is 12.2. The SMILES string of the molecule is C[C@H](NC(=O)C(N)CCN)C(=O)OCCOc1ccc(-c2c(C#N)c(N)nc(SCc3csc(-c4ccc(Cl)cc4)n3)c2C#N)cc1. The van der Waals surface area contributed by atoms with Gasteiger partial charge in [-0.1, -0.05) is 47.6 Å². The number of benzene rings is 2. The summed E-state index contributed by atoms with van der Waals surface area (Å²) in [7, 11) is 0. The molecule has 0 spiro atoms. The van der Waals surface area contributed by atoms with Gasteiger partial charge in [0.15, 0.2) is 0 Å². The number of rotatable bonds is 14. The number of amides is 1. The van der Waals surface area contributed by atoms with Crippen LogP contribution in [0.25, 0.3) is 21.7 Å². The summed E-state index contributed by atoms with van der Waals surface area (Å²) in [6, 6.07) is 16.7. The second-order valence-electron chi connectivity index (χ2n) is 10.0. The molecule has 242 valence electrons. The zero-order valence-electron chi connectivity index (χ0n) is 25.2. The molecule has 0 aliphatic carbocycles. The molecule has 4 rings (SSSR count). The topological polar surface area (TPSA) is 216 Å². The second kappa shape index (κ2) is 16.7. The van der Waals surface area contributed by atoms with Crippen molar-refractivity contribution in [2.24, 2.45) is 11.5 Å². The molecule has 0 saturated carbocycles. The number of esters is 1. The molecule has 2 aromatic carbocycles. The van der Waals surface area contributed by atoms with E-state index in [4.69, 9.17) is 43.3 Å². The molecule has 2 heterocycles. The lowest BCUT2D eigenvalue weighted by Gasteiger charge is -2.16. The number of anilines is 1. The molecule has 0 aliphatic heterocycles. The monoisotopic (exact) mass is 690 g/mol. The van der Waals surface area contributed by atoms with E-state index in [2.05, 4.69) is 22.4 Å². The van der Waals surface area contributed by atoms with Crippen molar-refractivity contribution < 1.29 is 19.1 Å². The maximum absolute atomic E-state index is 12.2. The largest absolute Gasteiger partial charge is 0.490 e. The fourth-order valence-corrected chi connectivity index (χ4v) is 6.21. The van der Waals surface area contributed by atoms with E-state index in [1.807, 2.05) is 29.6 Å². The van der Waals surface area contributed by atoms with Gasteiger partial charge in [-0.25, -0.2) is 14.8 Å². The van der Waals surface area contributed by atoms with Gasteiger partial charge in [0.25, 0.3) is 0 Å². The molecule has 4 aromatic rings. The minimum Gasteiger partial charge on any atom is -0.490 e. The maximum Gasteiger partial charge on any atom is 0.328 e. The first-order chi connectivity index (χ1) is 22.6. The third-order valence-electron chi connectivity index (χ3n) is 6.68. The number of thioether (sulfide) groups is 1. The summed E-state index contributed by atoms with van der Waals surface area (Å²) >= 11 is 8.80. The number of thiazole rings is 1. The van der Waals surface area contributed by atoms with Crippen LogP contribution in [0.1, 0.15) is 30.2 Å². The second-order valence-corrected chi connectivity index (χ2v) is 12.3. The van der Waals surface area contributed by atoms with Crippen LogP contribution in [0.4, 0.5) is 5.82 Å². The van der Waals surface area contributed by atoms with Crippen molar-refractivity contribution in [3.63, 3.8) is 0 Å². The van der Waals surface area contributed by atoms with Crippen LogP contribution < -0.4 is 27.3 Å². The number of ether oxygens (including phenoxy) is 2. The summed E-state index contributed by atoms with van der Waals surface area (Å²) in [6.45, 7) is 1.73. The number of nitriles is 2. The Morgan fingerprint density at radius 1 is 1.04 bits per heavy atom. The van der Waals surface area contributed by atoms with Crippen molar-refractivity contribution in [1.29, 1.82) is 10.5 Å². The number of halogens is 1. The highest BCUT2D eigenvalue weighted by Gasteiger charge is 2.22. The van der Waals surface area contributed by atoms with Gasteiger partial charge in [0.2, 0.25) is 5.91 Å². The summed E-state index contributed by atoms with van der Waals surface area (Å²) in [4.78, 5) is 33.3. The van der Waals surface area contributed by atoms with Gasteiger partial charge in [-0.05, 0) is 49.7 Å². The van der Waals surface area contributed by atoms with Gasteiger partial charge in [0.05, 0.1) is 17.3 Å². The van der Waals surface area contributed by atoms with Crippen molar-refractivity contribution in [2.45, 2.75) is 36.2 Å². The molecule has 2 atom stereocenters. The highest BCUT2D eigenvalue weighted by Crippen LogP contribution is 2.37. The smallest absolute Gasteiger partial charge is 0.328 e. The lowest BCUT2D eigenvalue weighted by molar-refractivity contribution is -0.148. The summed E-state index contributed by atoms with van der Waals surface area (Å²) < 4.78 is 10.9. The van der Waals surface area contributed by atoms with Gasteiger partial charge in [-0.2, -0.15) is 10.5 Å². The van der Waals surface area contributed by atoms with Crippen LogP contribution >= 0.6 is 34.7 Å². The Labute approximate surface area is 284 Å². The number of nitrogens with two attached hydrogens (primary N) is 3. The highest BCUT2D eigenvalue weighted by molar-refractivity contribution is 7.98. The first-order valence-electron chi connectivity index (χ1n) is 14.3. The molecule has 0 saturated heterocycles. The third-order valence-corrected chi connectivity index (χ3v) is 8.88. The quantitative estimate of drug-likeness (QED) is 0.0830. The number of nitrogen functional groups attached to an aromatic ring is 1. The zero-order valence-corrected chi connectivity index (χ0v) is 27.6. The Hall–Kier alpha value is -4.70. The van der Waals surface area contributed by atoms with Crippen molar-refractivity contribution in [3.05, 3.63) is 75.8 Å². The zero-order chi connectivity index (χ0) is 33.9. The van der Waals surface area contributed by atoms with E-state index in [-0.39, 0.29) is 36.7 Å². The van der Waals surface area contributed by atoms with Gasteiger partial charge in [0, 0.05) is 27.3 Å². The van der Waals surface area contributed by atoms with Gasteiger partial charge in [0.1, 0.15) is 58.6 Å². The first kappa shape index (κ1) is 35.2. The average molecular weight is 691 g/mol. The van der Waals surface area contributed by atoms with Crippen LogP contribution in [0.5, 0.6) is 5.75 Å². The van der Waals surface area contributed by atoms with Crippen molar-refractivity contribution in [3.8, 4) is 39.6 Å².